The third kappa shape index (κ3) is 3.14. The van der Waals surface area contributed by atoms with Gasteiger partial charge >= 0.3 is 6.18 Å². The largest absolute Gasteiger partial charge is 0.431 e. The first kappa shape index (κ1) is 18.8. The van der Waals surface area contributed by atoms with Crippen LogP contribution in [0, 0.1) is 10.8 Å². The Kier molecular flexibility index (Phi) is 4.64. The number of pyridine rings is 1. The number of hydrogen-bond acceptors (Lipinski definition) is 6. The summed E-state index contributed by atoms with van der Waals surface area (Å²) < 4.78 is 39.5. The van der Waals surface area contributed by atoms with Crippen LogP contribution in [0.25, 0.3) is 16.5 Å². The van der Waals surface area contributed by atoms with Crippen LogP contribution in [0.3, 0.4) is 0 Å². The third-order valence-corrected chi connectivity index (χ3v) is 4.81. The summed E-state index contributed by atoms with van der Waals surface area (Å²) in [5, 5.41) is 15.8. The molecule has 27 heavy (non-hydrogen) atoms. The SMILES string of the molecule is N=CC(=C(N)C(F)(F)F)c1nc2ccc(N)c(C=N)c2c2c1CC(N)CC2. The zero-order chi connectivity index (χ0) is 19.9. The first-order chi connectivity index (χ1) is 12.7. The minimum Gasteiger partial charge on any atom is -0.398 e. The Labute approximate surface area is 153 Å². The number of nitrogen functional groups attached to an aromatic ring is 1. The molecule has 0 bridgehead atoms. The number of nitrogens with zero attached hydrogens (tertiary/aromatic N) is 1. The molecule has 0 saturated carbocycles. The molecule has 0 amide bonds. The topological polar surface area (TPSA) is 139 Å². The van der Waals surface area contributed by atoms with Gasteiger partial charge < -0.3 is 28.0 Å². The minimum absolute atomic E-state index is 0.0122. The third-order valence-electron chi connectivity index (χ3n) is 4.81. The smallest absolute Gasteiger partial charge is 0.398 e. The van der Waals surface area contributed by atoms with Gasteiger partial charge in [-0.3, -0.25) is 0 Å². The number of anilines is 1. The van der Waals surface area contributed by atoms with E-state index in [1.54, 1.807) is 12.1 Å². The maximum Gasteiger partial charge on any atom is 0.431 e. The lowest BCUT2D eigenvalue weighted by molar-refractivity contribution is -0.0919. The van der Waals surface area contributed by atoms with Crippen LogP contribution in [0.5, 0.6) is 0 Å². The predicted molar refractivity (Wildman–Crippen MR) is 100.0 cm³/mol. The zero-order valence-corrected chi connectivity index (χ0v) is 14.3. The van der Waals surface area contributed by atoms with Gasteiger partial charge in [0.2, 0.25) is 0 Å². The standard InChI is InChI=1S/C18H19F3N6/c19-18(20,21)17(26)12(7-23)16-10-5-8(24)1-2-9(10)15-11(6-22)13(25)3-4-14(15)27-16/h3-4,6-8,22-23H,1-2,5,24-26H2. The normalized spacial score (nSPS) is 18.0. The second-order valence-electron chi connectivity index (χ2n) is 6.50. The van der Waals surface area contributed by atoms with Gasteiger partial charge in [0, 0.05) is 40.7 Å². The molecule has 142 valence electrons. The van der Waals surface area contributed by atoms with Crippen molar-refractivity contribution in [3.05, 3.63) is 40.2 Å². The molecule has 0 radical (unpaired) electrons. The number of allylic oxidation sites excluding steroid dienone is 2. The van der Waals surface area contributed by atoms with Crippen molar-refractivity contribution in [1.82, 2.24) is 4.98 Å². The van der Waals surface area contributed by atoms with E-state index in [2.05, 4.69) is 4.98 Å². The van der Waals surface area contributed by atoms with Crippen LogP contribution in [0.15, 0.2) is 17.8 Å². The zero-order valence-electron chi connectivity index (χ0n) is 14.3. The van der Waals surface area contributed by atoms with Gasteiger partial charge in [0.05, 0.1) is 11.2 Å². The Balaban J connectivity index is 2.45. The molecule has 9 heteroatoms. The summed E-state index contributed by atoms with van der Waals surface area (Å²) in [4.78, 5) is 4.37. The van der Waals surface area contributed by atoms with E-state index in [1.807, 2.05) is 0 Å². The summed E-state index contributed by atoms with van der Waals surface area (Å²) in [7, 11) is 0. The van der Waals surface area contributed by atoms with E-state index in [9.17, 15) is 13.2 Å². The number of nitrogens with one attached hydrogen (secondary N) is 2. The van der Waals surface area contributed by atoms with Gasteiger partial charge in [-0.05, 0) is 42.5 Å². The van der Waals surface area contributed by atoms with Crippen molar-refractivity contribution >= 4 is 34.6 Å². The number of alkyl halides is 3. The van der Waals surface area contributed by atoms with Crippen LogP contribution < -0.4 is 17.2 Å². The maximum absolute atomic E-state index is 13.2. The van der Waals surface area contributed by atoms with E-state index in [1.165, 1.54) is 0 Å². The fourth-order valence-corrected chi connectivity index (χ4v) is 3.51. The molecule has 0 fully saturated rings. The Morgan fingerprint density at radius 1 is 1.22 bits per heavy atom. The number of aromatic nitrogens is 1. The highest BCUT2D eigenvalue weighted by molar-refractivity contribution is 6.12. The van der Waals surface area contributed by atoms with Crippen molar-refractivity contribution in [2.45, 2.75) is 31.5 Å². The van der Waals surface area contributed by atoms with Gasteiger partial charge in [-0.25, -0.2) is 4.98 Å². The average molecular weight is 376 g/mol. The van der Waals surface area contributed by atoms with Crippen LogP contribution in [-0.2, 0) is 12.8 Å². The van der Waals surface area contributed by atoms with Crippen LogP contribution in [0.4, 0.5) is 18.9 Å². The highest BCUT2D eigenvalue weighted by Crippen LogP contribution is 2.37. The molecule has 3 rings (SSSR count). The van der Waals surface area contributed by atoms with Crippen LogP contribution in [0.2, 0.25) is 0 Å². The number of aryl methyl sites for hydroxylation is 1. The fraction of sp³-hybridized carbons (Fsp3) is 0.278. The van der Waals surface area contributed by atoms with Gasteiger partial charge in [-0.2, -0.15) is 13.2 Å². The second kappa shape index (κ2) is 6.66. The highest BCUT2D eigenvalue weighted by Gasteiger charge is 2.36. The number of nitrogens with two attached hydrogens (primary N) is 3. The Hall–Kier alpha value is -2.94. The molecule has 6 nitrogen and oxygen atoms in total. The lowest BCUT2D eigenvalue weighted by atomic mass is 9.82. The van der Waals surface area contributed by atoms with E-state index in [4.69, 9.17) is 28.0 Å². The van der Waals surface area contributed by atoms with Crippen molar-refractivity contribution in [2.75, 3.05) is 5.73 Å². The minimum atomic E-state index is -4.78. The Morgan fingerprint density at radius 2 is 1.93 bits per heavy atom. The highest BCUT2D eigenvalue weighted by atomic mass is 19.4. The molecule has 1 aliphatic rings. The number of hydrogen-bond donors (Lipinski definition) is 5. The quantitative estimate of drug-likeness (QED) is 0.415. The van der Waals surface area contributed by atoms with E-state index in [-0.39, 0.29) is 11.7 Å². The number of halogens is 3. The Morgan fingerprint density at radius 3 is 2.52 bits per heavy atom. The summed E-state index contributed by atoms with van der Waals surface area (Å²) in [5.41, 5.74) is 18.0. The lowest BCUT2D eigenvalue weighted by Crippen LogP contribution is -2.30. The first-order valence-electron chi connectivity index (χ1n) is 8.26. The van der Waals surface area contributed by atoms with Gasteiger partial charge in [-0.15, -0.1) is 0 Å². The van der Waals surface area contributed by atoms with E-state index in [0.717, 1.165) is 11.8 Å². The summed E-state index contributed by atoms with van der Waals surface area (Å²) in [6.45, 7) is 0. The monoisotopic (exact) mass is 376 g/mol. The van der Waals surface area contributed by atoms with Crippen molar-refractivity contribution in [3.63, 3.8) is 0 Å². The predicted octanol–water partition coefficient (Wildman–Crippen LogP) is 2.51. The number of fused-ring (bicyclic) bond motifs is 3. The van der Waals surface area contributed by atoms with Gasteiger partial charge in [0.15, 0.2) is 0 Å². The van der Waals surface area contributed by atoms with Crippen LogP contribution >= 0.6 is 0 Å². The summed E-state index contributed by atoms with van der Waals surface area (Å²) >= 11 is 0. The molecule has 1 unspecified atom stereocenters. The molecule has 1 aliphatic carbocycles. The molecular formula is C18H19F3N6. The van der Waals surface area contributed by atoms with Crippen molar-refractivity contribution in [2.24, 2.45) is 11.5 Å². The van der Waals surface area contributed by atoms with Gasteiger partial charge in [0.25, 0.3) is 0 Å². The molecular weight excluding hydrogens is 357 g/mol. The fourth-order valence-electron chi connectivity index (χ4n) is 3.51. The van der Waals surface area contributed by atoms with Crippen molar-refractivity contribution in [3.8, 4) is 0 Å². The number of rotatable bonds is 3. The van der Waals surface area contributed by atoms with Crippen LogP contribution in [-0.4, -0.2) is 29.6 Å². The molecule has 1 atom stereocenters. The van der Waals surface area contributed by atoms with Crippen molar-refractivity contribution in [1.29, 1.82) is 10.8 Å². The summed E-state index contributed by atoms with van der Waals surface area (Å²) in [6, 6.07) is 2.92. The molecule has 0 aliphatic heterocycles. The van der Waals surface area contributed by atoms with Crippen LogP contribution in [0.1, 0.15) is 28.8 Å². The summed E-state index contributed by atoms with van der Waals surface area (Å²) in [6.07, 6.45) is -1.62. The molecule has 2 aromatic rings. The Bertz CT molecular complexity index is 977. The first-order valence-corrected chi connectivity index (χ1v) is 8.26. The molecule has 1 heterocycles. The maximum atomic E-state index is 13.2. The molecule has 0 spiro atoms. The summed E-state index contributed by atoms with van der Waals surface area (Å²) in [5.74, 6) is 0. The second-order valence-corrected chi connectivity index (χ2v) is 6.50. The van der Waals surface area contributed by atoms with E-state index >= 15 is 0 Å². The van der Waals surface area contributed by atoms with E-state index < -0.39 is 17.4 Å². The molecule has 0 saturated heterocycles. The average Bonchev–Trinajstić information content (AvgIpc) is 2.61. The van der Waals surface area contributed by atoms with E-state index in [0.29, 0.717) is 53.2 Å². The number of benzene rings is 1. The van der Waals surface area contributed by atoms with Gasteiger partial charge in [-0.1, -0.05) is 0 Å². The van der Waals surface area contributed by atoms with Crippen molar-refractivity contribution < 1.29 is 13.2 Å². The molecule has 8 N–H and O–H groups in total. The molecule has 1 aromatic carbocycles. The lowest BCUT2D eigenvalue weighted by Gasteiger charge is -2.27. The molecule has 1 aromatic heterocycles. The van der Waals surface area contributed by atoms with Gasteiger partial charge in [0.1, 0.15) is 5.70 Å².